The summed E-state index contributed by atoms with van der Waals surface area (Å²) in [7, 11) is 0. The Morgan fingerprint density at radius 2 is 1.83 bits per heavy atom. The summed E-state index contributed by atoms with van der Waals surface area (Å²) in [6.07, 6.45) is 4.17. The van der Waals surface area contributed by atoms with Crippen LogP contribution in [-0.2, 0) is 17.6 Å². The van der Waals surface area contributed by atoms with Gasteiger partial charge < -0.3 is 5.32 Å². The number of rotatable bonds is 5. The number of hydrogen-bond donors (Lipinski definition) is 1. The maximum atomic E-state index is 12.1. The molecule has 1 amide bonds. The molecule has 0 unspecified atom stereocenters. The predicted octanol–water partition coefficient (Wildman–Crippen LogP) is 3.12. The highest BCUT2D eigenvalue weighted by Crippen LogP contribution is 2.12. The molecule has 0 bridgehead atoms. The number of hydrogen-bond acceptors (Lipinski definition) is 3. The Labute approximate surface area is 140 Å². The number of nitrogens with one attached hydrogen (secondary N) is 1. The largest absolute Gasteiger partial charge is 0.326 e. The third-order valence-electron chi connectivity index (χ3n) is 3.54. The van der Waals surface area contributed by atoms with E-state index < -0.39 is 0 Å². The zero-order valence-electron chi connectivity index (χ0n) is 13.0. The Morgan fingerprint density at radius 3 is 2.54 bits per heavy atom. The Bertz CT molecular complexity index is 860. The average molecular weight is 316 g/mol. The highest BCUT2D eigenvalue weighted by atomic mass is 16.1. The predicted molar refractivity (Wildman–Crippen MR) is 91.7 cm³/mol. The standard InChI is InChI=1S/C19H16N4O/c20-11-10-15-6-8-17(9-7-15)22-19(24)12-16-13-21-23(14-16)18-4-2-1-3-5-18/h1-9,13-14H,10,12H2,(H,22,24). The second-order valence-corrected chi connectivity index (χ2v) is 5.39. The van der Waals surface area contributed by atoms with Crippen molar-refractivity contribution in [3.05, 3.63) is 78.1 Å². The minimum atomic E-state index is -0.101. The molecule has 0 atom stereocenters. The van der Waals surface area contributed by atoms with E-state index in [-0.39, 0.29) is 12.3 Å². The van der Waals surface area contributed by atoms with Crippen LogP contribution in [0.2, 0.25) is 0 Å². The number of anilines is 1. The van der Waals surface area contributed by atoms with Crippen LogP contribution in [-0.4, -0.2) is 15.7 Å². The van der Waals surface area contributed by atoms with Crippen LogP contribution >= 0.6 is 0 Å². The van der Waals surface area contributed by atoms with Gasteiger partial charge in [-0.05, 0) is 35.4 Å². The number of carbonyl (C=O) groups excluding carboxylic acids is 1. The minimum absolute atomic E-state index is 0.101. The molecule has 5 nitrogen and oxygen atoms in total. The normalized spacial score (nSPS) is 10.1. The molecule has 0 aliphatic carbocycles. The van der Waals surface area contributed by atoms with Gasteiger partial charge in [0.15, 0.2) is 0 Å². The van der Waals surface area contributed by atoms with Crippen molar-refractivity contribution in [1.82, 2.24) is 9.78 Å². The van der Waals surface area contributed by atoms with Crippen molar-refractivity contribution in [3.8, 4) is 11.8 Å². The first-order valence-corrected chi connectivity index (χ1v) is 7.59. The summed E-state index contributed by atoms with van der Waals surface area (Å²) in [5.74, 6) is -0.101. The summed E-state index contributed by atoms with van der Waals surface area (Å²) in [6, 6.07) is 19.1. The van der Waals surface area contributed by atoms with E-state index in [0.717, 1.165) is 22.5 Å². The van der Waals surface area contributed by atoms with Gasteiger partial charge in [-0.25, -0.2) is 4.68 Å². The lowest BCUT2D eigenvalue weighted by molar-refractivity contribution is -0.115. The molecule has 1 heterocycles. The van der Waals surface area contributed by atoms with Gasteiger partial charge in [-0.3, -0.25) is 4.79 Å². The van der Waals surface area contributed by atoms with Crippen molar-refractivity contribution in [3.63, 3.8) is 0 Å². The lowest BCUT2D eigenvalue weighted by atomic mass is 10.1. The van der Waals surface area contributed by atoms with Crippen molar-refractivity contribution >= 4 is 11.6 Å². The first kappa shape index (κ1) is 15.5. The van der Waals surface area contributed by atoms with Crippen LogP contribution in [0.4, 0.5) is 5.69 Å². The fraction of sp³-hybridized carbons (Fsp3) is 0.105. The molecule has 5 heteroatoms. The van der Waals surface area contributed by atoms with Crippen molar-refractivity contribution in [2.75, 3.05) is 5.32 Å². The number of carbonyl (C=O) groups is 1. The topological polar surface area (TPSA) is 70.7 Å². The van der Waals surface area contributed by atoms with E-state index in [9.17, 15) is 4.79 Å². The first-order valence-electron chi connectivity index (χ1n) is 7.59. The molecule has 0 fully saturated rings. The lowest BCUT2D eigenvalue weighted by Crippen LogP contribution is -2.14. The van der Waals surface area contributed by atoms with Gasteiger partial charge >= 0.3 is 0 Å². The molecule has 0 aliphatic rings. The molecule has 3 rings (SSSR count). The molecular weight excluding hydrogens is 300 g/mol. The Hall–Kier alpha value is -3.39. The van der Waals surface area contributed by atoms with Crippen molar-refractivity contribution in [2.24, 2.45) is 0 Å². The highest BCUT2D eigenvalue weighted by Gasteiger charge is 2.07. The van der Waals surface area contributed by atoms with Gasteiger partial charge in [-0.15, -0.1) is 0 Å². The Morgan fingerprint density at radius 1 is 1.08 bits per heavy atom. The summed E-state index contributed by atoms with van der Waals surface area (Å²) in [5.41, 5.74) is 3.45. The van der Waals surface area contributed by atoms with Crippen LogP contribution in [0.15, 0.2) is 67.0 Å². The summed E-state index contributed by atoms with van der Waals surface area (Å²) < 4.78 is 1.75. The van der Waals surface area contributed by atoms with E-state index in [1.54, 1.807) is 23.0 Å². The van der Waals surface area contributed by atoms with Crippen LogP contribution in [0.3, 0.4) is 0 Å². The lowest BCUT2D eigenvalue weighted by Gasteiger charge is -2.05. The molecule has 0 spiro atoms. The number of amides is 1. The average Bonchev–Trinajstić information content (AvgIpc) is 3.06. The third kappa shape index (κ3) is 3.87. The number of nitriles is 1. The number of aromatic nitrogens is 2. The Balaban J connectivity index is 1.61. The third-order valence-corrected chi connectivity index (χ3v) is 3.54. The van der Waals surface area contributed by atoms with E-state index in [1.807, 2.05) is 48.7 Å². The Kier molecular flexibility index (Phi) is 4.68. The number of para-hydroxylation sites is 1. The SMILES string of the molecule is N#CCc1ccc(NC(=O)Cc2cnn(-c3ccccc3)c2)cc1. The number of benzene rings is 2. The smallest absolute Gasteiger partial charge is 0.228 e. The van der Waals surface area contributed by atoms with E-state index in [2.05, 4.69) is 16.5 Å². The number of nitrogens with zero attached hydrogens (tertiary/aromatic N) is 3. The summed E-state index contributed by atoms with van der Waals surface area (Å²) in [6.45, 7) is 0. The van der Waals surface area contributed by atoms with Gasteiger partial charge in [0.25, 0.3) is 0 Å². The summed E-state index contributed by atoms with van der Waals surface area (Å²) in [4.78, 5) is 12.1. The van der Waals surface area contributed by atoms with E-state index in [0.29, 0.717) is 6.42 Å². The van der Waals surface area contributed by atoms with Gasteiger partial charge in [0, 0.05) is 11.9 Å². The zero-order valence-corrected chi connectivity index (χ0v) is 13.0. The molecule has 118 valence electrons. The zero-order chi connectivity index (χ0) is 16.8. The fourth-order valence-corrected chi connectivity index (χ4v) is 2.36. The molecule has 0 saturated heterocycles. The molecule has 0 saturated carbocycles. The van der Waals surface area contributed by atoms with Crippen LogP contribution in [0, 0.1) is 11.3 Å². The maximum Gasteiger partial charge on any atom is 0.228 e. The van der Waals surface area contributed by atoms with Gasteiger partial charge in [0.2, 0.25) is 5.91 Å². The van der Waals surface area contributed by atoms with Crippen molar-refractivity contribution in [2.45, 2.75) is 12.8 Å². The van der Waals surface area contributed by atoms with Crippen LogP contribution in [0.25, 0.3) is 5.69 Å². The van der Waals surface area contributed by atoms with E-state index in [1.165, 1.54) is 0 Å². The summed E-state index contributed by atoms with van der Waals surface area (Å²) >= 11 is 0. The summed E-state index contributed by atoms with van der Waals surface area (Å²) in [5, 5.41) is 15.8. The van der Waals surface area contributed by atoms with Gasteiger partial charge in [0.05, 0.1) is 30.8 Å². The van der Waals surface area contributed by atoms with E-state index >= 15 is 0 Å². The second kappa shape index (κ2) is 7.25. The molecule has 3 aromatic rings. The molecule has 0 aliphatic heterocycles. The van der Waals surface area contributed by atoms with Gasteiger partial charge in [0.1, 0.15) is 0 Å². The van der Waals surface area contributed by atoms with Crippen LogP contribution < -0.4 is 5.32 Å². The quantitative estimate of drug-likeness (QED) is 0.786. The fourth-order valence-electron chi connectivity index (χ4n) is 2.36. The molecule has 24 heavy (non-hydrogen) atoms. The van der Waals surface area contributed by atoms with Crippen LogP contribution in [0.5, 0.6) is 0 Å². The minimum Gasteiger partial charge on any atom is -0.326 e. The van der Waals surface area contributed by atoms with E-state index in [4.69, 9.17) is 5.26 Å². The molecule has 2 aromatic carbocycles. The first-order chi connectivity index (χ1) is 11.7. The molecule has 1 N–H and O–H groups in total. The monoisotopic (exact) mass is 316 g/mol. The van der Waals surface area contributed by atoms with Gasteiger partial charge in [-0.1, -0.05) is 30.3 Å². The van der Waals surface area contributed by atoms with Crippen molar-refractivity contribution in [1.29, 1.82) is 5.26 Å². The molecule has 1 aromatic heterocycles. The van der Waals surface area contributed by atoms with Gasteiger partial charge in [-0.2, -0.15) is 10.4 Å². The molecular formula is C19H16N4O. The molecule has 0 radical (unpaired) electrons. The van der Waals surface area contributed by atoms with Crippen molar-refractivity contribution < 1.29 is 4.79 Å². The highest BCUT2D eigenvalue weighted by molar-refractivity contribution is 5.92. The second-order valence-electron chi connectivity index (χ2n) is 5.39. The van der Waals surface area contributed by atoms with Crippen LogP contribution in [0.1, 0.15) is 11.1 Å². The maximum absolute atomic E-state index is 12.1.